The average Bonchev–Trinajstić information content (AvgIpc) is 2.42. The minimum atomic E-state index is -0.288. The molecule has 0 bridgehead atoms. The van der Waals surface area contributed by atoms with Crippen LogP contribution in [-0.4, -0.2) is 21.7 Å². The summed E-state index contributed by atoms with van der Waals surface area (Å²) in [6, 6.07) is 6.08. The standard InChI is InChI=1S/C14H16FN3O2/c1-9-12(6-7-19)13(20)18-14(17-9)16-8-10-2-4-11(15)5-3-10/h2-5,19H,6-8H2,1H3,(H2,16,17,18,20). The Labute approximate surface area is 115 Å². The molecular formula is C14H16FN3O2. The van der Waals surface area contributed by atoms with Gasteiger partial charge in [0.25, 0.3) is 5.56 Å². The van der Waals surface area contributed by atoms with Crippen LogP contribution in [0.25, 0.3) is 0 Å². The maximum atomic E-state index is 12.8. The van der Waals surface area contributed by atoms with Crippen molar-refractivity contribution in [3.8, 4) is 0 Å². The molecule has 0 atom stereocenters. The van der Waals surface area contributed by atoms with E-state index in [0.29, 0.717) is 23.8 Å². The van der Waals surface area contributed by atoms with Gasteiger partial charge in [-0.1, -0.05) is 12.1 Å². The number of aliphatic hydroxyl groups excluding tert-OH is 1. The van der Waals surface area contributed by atoms with E-state index in [1.54, 1.807) is 19.1 Å². The lowest BCUT2D eigenvalue weighted by Gasteiger charge is -2.08. The molecule has 0 unspecified atom stereocenters. The fourth-order valence-corrected chi connectivity index (χ4v) is 1.89. The van der Waals surface area contributed by atoms with Crippen LogP contribution in [-0.2, 0) is 13.0 Å². The lowest BCUT2D eigenvalue weighted by atomic mass is 10.2. The number of benzene rings is 1. The molecule has 106 valence electrons. The molecule has 1 aromatic carbocycles. The third-order valence-corrected chi connectivity index (χ3v) is 2.96. The Morgan fingerprint density at radius 1 is 1.35 bits per heavy atom. The largest absolute Gasteiger partial charge is 0.396 e. The van der Waals surface area contributed by atoms with Gasteiger partial charge in [0, 0.05) is 25.1 Å². The molecule has 0 aliphatic rings. The second-order valence-electron chi connectivity index (χ2n) is 4.43. The number of nitrogens with zero attached hydrogens (tertiary/aromatic N) is 1. The number of aryl methyl sites for hydroxylation is 1. The van der Waals surface area contributed by atoms with E-state index in [0.717, 1.165) is 5.56 Å². The molecule has 0 fully saturated rings. The van der Waals surface area contributed by atoms with Crippen molar-refractivity contribution in [3.05, 3.63) is 57.3 Å². The molecule has 5 nitrogen and oxygen atoms in total. The van der Waals surface area contributed by atoms with Crippen LogP contribution in [0.3, 0.4) is 0 Å². The monoisotopic (exact) mass is 277 g/mol. The highest BCUT2D eigenvalue weighted by atomic mass is 19.1. The van der Waals surface area contributed by atoms with Gasteiger partial charge in [0.1, 0.15) is 5.82 Å². The Bertz CT molecular complexity index is 638. The predicted octanol–water partition coefficient (Wildman–Crippen LogP) is 1.36. The molecule has 0 aliphatic heterocycles. The normalized spacial score (nSPS) is 10.6. The van der Waals surface area contributed by atoms with Crippen LogP contribution in [0.15, 0.2) is 29.1 Å². The summed E-state index contributed by atoms with van der Waals surface area (Å²) in [5.41, 5.74) is 1.70. The number of halogens is 1. The Balaban J connectivity index is 2.10. The van der Waals surface area contributed by atoms with Crippen LogP contribution in [0.5, 0.6) is 0 Å². The topological polar surface area (TPSA) is 78.0 Å². The second kappa shape index (κ2) is 6.29. The molecule has 2 rings (SSSR count). The SMILES string of the molecule is Cc1nc(NCc2ccc(F)cc2)[nH]c(=O)c1CCO. The van der Waals surface area contributed by atoms with Gasteiger partial charge < -0.3 is 10.4 Å². The van der Waals surface area contributed by atoms with Crippen molar-refractivity contribution in [2.24, 2.45) is 0 Å². The van der Waals surface area contributed by atoms with Gasteiger partial charge in [-0.05, 0) is 24.6 Å². The Hall–Kier alpha value is -2.21. The van der Waals surface area contributed by atoms with E-state index < -0.39 is 0 Å². The summed E-state index contributed by atoms with van der Waals surface area (Å²) in [4.78, 5) is 18.7. The molecule has 1 heterocycles. The van der Waals surface area contributed by atoms with Crippen LogP contribution < -0.4 is 10.9 Å². The van der Waals surface area contributed by atoms with E-state index in [2.05, 4.69) is 15.3 Å². The zero-order valence-electron chi connectivity index (χ0n) is 11.1. The fraction of sp³-hybridized carbons (Fsp3) is 0.286. The van der Waals surface area contributed by atoms with Gasteiger partial charge >= 0.3 is 0 Å². The maximum absolute atomic E-state index is 12.8. The predicted molar refractivity (Wildman–Crippen MR) is 74.1 cm³/mol. The summed E-state index contributed by atoms with van der Waals surface area (Å²) in [6.07, 6.45) is 0.284. The number of aliphatic hydroxyl groups is 1. The summed E-state index contributed by atoms with van der Waals surface area (Å²) >= 11 is 0. The molecule has 20 heavy (non-hydrogen) atoms. The molecule has 1 aromatic heterocycles. The second-order valence-corrected chi connectivity index (χ2v) is 4.43. The maximum Gasteiger partial charge on any atom is 0.255 e. The van der Waals surface area contributed by atoms with Gasteiger partial charge in [-0.2, -0.15) is 0 Å². The van der Waals surface area contributed by atoms with Gasteiger partial charge in [-0.15, -0.1) is 0 Å². The highest BCUT2D eigenvalue weighted by molar-refractivity contribution is 5.31. The number of hydrogen-bond donors (Lipinski definition) is 3. The Morgan fingerprint density at radius 3 is 2.65 bits per heavy atom. The first-order chi connectivity index (χ1) is 9.60. The van der Waals surface area contributed by atoms with E-state index in [-0.39, 0.29) is 24.4 Å². The van der Waals surface area contributed by atoms with E-state index in [9.17, 15) is 9.18 Å². The Morgan fingerprint density at radius 2 is 2.05 bits per heavy atom. The van der Waals surface area contributed by atoms with Crippen LogP contribution in [0, 0.1) is 12.7 Å². The number of H-pyrrole nitrogens is 1. The number of rotatable bonds is 5. The highest BCUT2D eigenvalue weighted by Gasteiger charge is 2.07. The number of aromatic nitrogens is 2. The van der Waals surface area contributed by atoms with E-state index in [1.807, 2.05) is 0 Å². The van der Waals surface area contributed by atoms with E-state index in [1.165, 1.54) is 12.1 Å². The van der Waals surface area contributed by atoms with Gasteiger partial charge in [-0.3, -0.25) is 9.78 Å². The van der Waals surface area contributed by atoms with Crippen molar-refractivity contribution in [1.82, 2.24) is 9.97 Å². The van der Waals surface area contributed by atoms with Gasteiger partial charge in [0.15, 0.2) is 0 Å². The quantitative estimate of drug-likeness (QED) is 0.771. The van der Waals surface area contributed by atoms with Gasteiger partial charge in [0.05, 0.1) is 5.69 Å². The third kappa shape index (κ3) is 3.42. The number of hydrogen-bond acceptors (Lipinski definition) is 4. The van der Waals surface area contributed by atoms with Crippen molar-refractivity contribution < 1.29 is 9.50 Å². The molecule has 6 heteroatoms. The molecule has 0 saturated carbocycles. The molecule has 0 amide bonds. The first-order valence-electron chi connectivity index (χ1n) is 6.29. The molecule has 0 aliphatic carbocycles. The lowest BCUT2D eigenvalue weighted by Crippen LogP contribution is -2.20. The van der Waals surface area contributed by atoms with Crippen molar-refractivity contribution in [3.63, 3.8) is 0 Å². The summed E-state index contributed by atoms with van der Waals surface area (Å²) in [5.74, 6) is 0.0722. The van der Waals surface area contributed by atoms with E-state index >= 15 is 0 Å². The first kappa shape index (κ1) is 14.2. The van der Waals surface area contributed by atoms with Crippen LogP contribution in [0.2, 0.25) is 0 Å². The van der Waals surface area contributed by atoms with E-state index in [4.69, 9.17) is 5.11 Å². The van der Waals surface area contributed by atoms with Crippen molar-refractivity contribution in [2.75, 3.05) is 11.9 Å². The molecular weight excluding hydrogens is 261 g/mol. The molecule has 0 spiro atoms. The van der Waals surface area contributed by atoms with Crippen molar-refractivity contribution in [2.45, 2.75) is 19.9 Å². The van der Waals surface area contributed by atoms with Gasteiger partial charge in [0.2, 0.25) is 5.95 Å². The van der Waals surface area contributed by atoms with Crippen LogP contribution in [0.1, 0.15) is 16.8 Å². The minimum absolute atomic E-state index is 0.0893. The average molecular weight is 277 g/mol. The first-order valence-corrected chi connectivity index (χ1v) is 6.29. The highest BCUT2D eigenvalue weighted by Crippen LogP contribution is 2.07. The summed E-state index contributed by atoms with van der Waals surface area (Å²) in [7, 11) is 0. The number of anilines is 1. The summed E-state index contributed by atoms with van der Waals surface area (Å²) in [5, 5.41) is 11.9. The smallest absolute Gasteiger partial charge is 0.255 e. The molecule has 3 N–H and O–H groups in total. The summed E-state index contributed by atoms with van der Waals surface area (Å²) < 4.78 is 12.8. The van der Waals surface area contributed by atoms with Crippen molar-refractivity contribution >= 4 is 5.95 Å². The third-order valence-electron chi connectivity index (χ3n) is 2.96. The lowest BCUT2D eigenvalue weighted by molar-refractivity contribution is 0.298. The fourth-order valence-electron chi connectivity index (χ4n) is 1.89. The zero-order valence-corrected chi connectivity index (χ0v) is 11.1. The number of aromatic amines is 1. The molecule has 0 radical (unpaired) electrons. The number of nitrogens with one attached hydrogen (secondary N) is 2. The van der Waals surface area contributed by atoms with Crippen LogP contribution >= 0.6 is 0 Å². The molecule has 2 aromatic rings. The Kier molecular flexibility index (Phi) is 4.47. The van der Waals surface area contributed by atoms with Crippen molar-refractivity contribution in [1.29, 1.82) is 0 Å². The van der Waals surface area contributed by atoms with Gasteiger partial charge in [-0.25, -0.2) is 9.37 Å². The van der Waals surface area contributed by atoms with Crippen LogP contribution in [0.4, 0.5) is 10.3 Å². The molecule has 0 saturated heterocycles. The zero-order chi connectivity index (χ0) is 14.5. The minimum Gasteiger partial charge on any atom is -0.396 e. The summed E-state index contributed by atoms with van der Waals surface area (Å²) in [6.45, 7) is 2.07.